The number of hydrogen-bond donors (Lipinski definition) is 4. The first-order valence-electron chi connectivity index (χ1n) is 6.44. The summed E-state index contributed by atoms with van der Waals surface area (Å²) in [5.41, 5.74) is 4.65. The minimum Gasteiger partial charge on any atom is -0.386 e. The van der Waals surface area contributed by atoms with Crippen LogP contribution in [0.4, 0.5) is 0 Å². The van der Waals surface area contributed by atoms with E-state index < -0.39 is 11.6 Å². The third-order valence-corrected chi connectivity index (χ3v) is 3.14. The predicted molar refractivity (Wildman–Crippen MR) is 69.2 cm³/mol. The van der Waals surface area contributed by atoms with Crippen molar-refractivity contribution in [3.8, 4) is 0 Å². The molecule has 0 aromatic rings. The van der Waals surface area contributed by atoms with Gasteiger partial charge in [-0.05, 0) is 5.92 Å². The summed E-state index contributed by atoms with van der Waals surface area (Å²) in [6, 6.07) is -0.625. The SMILES string of the molecule is CC(C)[C@H](N)C(=O)NCC(=O)NCC1(O)CCOC1. The molecule has 5 N–H and O–H groups in total. The zero-order chi connectivity index (χ0) is 14.5. The number of rotatable bonds is 6. The predicted octanol–water partition coefficient (Wildman–Crippen LogP) is -1.65. The van der Waals surface area contributed by atoms with Gasteiger partial charge in [-0.15, -0.1) is 0 Å². The first-order valence-corrected chi connectivity index (χ1v) is 6.44. The molecule has 7 nitrogen and oxygen atoms in total. The Kier molecular flexibility index (Phi) is 5.71. The van der Waals surface area contributed by atoms with Crippen LogP contribution in [0.25, 0.3) is 0 Å². The van der Waals surface area contributed by atoms with Gasteiger partial charge in [0, 0.05) is 19.6 Å². The molecular formula is C12H23N3O4. The van der Waals surface area contributed by atoms with Gasteiger partial charge >= 0.3 is 0 Å². The lowest BCUT2D eigenvalue weighted by Gasteiger charge is -2.21. The van der Waals surface area contributed by atoms with Crippen LogP contribution in [0.15, 0.2) is 0 Å². The van der Waals surface area contributed by atoms with Crippen molar-refractivity contribution in [2.24, 2.45) is 11.7 Å². The third kappa shape index (κ3) is 5.14. The third-order valence-electron chi connectivity index (χ3n) is 3.14. The maximum atomic E-state index is 11.5. The van der Waals surface area contributed by atoms with E-state index >= 15 is 0 Å². The highest BCUT2D eigenvalue weighted by molar-refractivity contribution is 5.87. The lowest BCUT2D eigenvalue weighted by molar-refractivity contribution is -0.127. The zero-order valence-electron chi connectivity index (χ0n) is 11.4. The van der Waals surface area contributed by atoms with Crippen LogP contribution in [-0.4, -0.2) is 54.9 Å². The molecule has 0 radical (unpaired) electrons. The average molecular weight is 273 g/mol. The smallest absolute Gasteiger partial charge is 0.239 e. The van der Waals surface area contributed by atoms with Crippen molar-refractivity contribution < 1.29 is 19.4 Å². The number of carbonyl (C=O) groups excluding carboxylic acids is 2. The van der Waals surface area contributed by atoms with E-state index in [-0.39, 0.29) is 37.4 Å². The largest absolute Gasteiger partial charge is 0.386 e. The Bertz CT molecular complexity index is 327. The fourth-order valence-electron chi connectivity index (χ4n) is 1.65. The fraction of sp³-hybridized carbons (Fsp3) is 0.833. The molecule has 7 heteroatoms. The molecule has 1 fully saturated rings. The van der Waals surface area contributed by atoms with Crippen molar-refractivity contribution >= 4 is 11.8 Å². The molecule has 0 bridgehead atoms. The second kappa shape index (κ2) is 6.83. The fourth-order valence-corrected chi connectivity index (χ4v) is 1.65. The molecule has 1 rings (SSSR count). The highest BCUT2D eigenvalue weighted by Crippen LogP contribution is 2.16. The molecule has 0 aromatic carbocycles. The summed E-state index contributed by atoms with van der Waals surface area (Å²) in [7, 11) is 0. The number of carbonyl (C=O) groups is 2. The second-order valence-electron chi connectivity index (χ2n) is 5.29. The van der Waals surface area contributed by atoms with E-state index in [0.29, 0.717) is 13.0 Å². The van der Waals surface area contributed by atoms with Crippen LogP contribution < -0.4 is 16.4 Å². The Morgan fingerprint density at radius 1 is 1.42 bits per heavy atom. The van der Waals surface area contributed by atoms with Gasteiger partial charge < -0.3 is 26.2 Å². The number of hydrogen-bond acceptors (Lipinski definition) is 5. The molecule has 19 heavy (non-hydrogen) atoms. The Labute approximate surface area is 112 Å². The molecule has 2 amide bonds. The van der Waals surface area contributed by atoms with Crippen molar-refractivity contribution in [1.82, 2.24) is 10.6 Å². The van der Waals surface area contributed by atoms with E-state index in [1.54, 1.807) is 0 Å². The number of nitrogens with two attached hydrogens (primary N) is 1. The Morgan fingerprint density at radius 2 is 2.11 bits per heavy atom. The summed E-state index contributed by atoms with van der Waals surface area (Å²) in [5, 5.41) is 15.0. The lowest BCUT2D eigenvalue weighted by atomic mass is 10.0. The van der Waals surface area contributed by atoms with E-state index in [2.05, 4.69) is 10.6 Å². The quantitative estimate of drug-likeness (QED) is 0.463. The molecular weight excluding hydrogens is 250 g/mol. The van der Waals surface area contributed by atoms with Gasteiger partial charge in [0.2, 0.25) is 11.8 Å². The highest BCUT2D eigenvalue weighted by atomic mass is 16.5. The monoisotopic (exact) mass is 273 g/mol. The average Bonchev–Trinajstić information content (AvgIpc) is 2.80. The minimum absolute atomic E-state index is 0.0133. The van der Waals surface area contributed by atoms with Gasteiger partial charge in [0.05, 0.1) is 19.2 Å². The van der Waals surface area contributed by atoms with E-state index in [9.17, 15) is 14.7 Å². The molecule has 1 unspecified atom stereocenters. The van der Waals surface area contributed by atoms with Crippen LogP contribution in [0.2, 0.25) is 0 Å². The Morgan fingerprint density at radius 3 is 2.63 bits per heavy atom. The van der Waals surface area contributed by atoms with Crippen LogP contribution >= 0.6 is 0 Å². The van der Waals surface area contributed by atoms with Crippen molar-refractivity contribution in [3.05, 3.63) is 0 Å². The normalized spacial score (nSPS) is 24.3. The summed E-state index contributed by atoms with van der Waals surface area (Å²) in [6.07, 6.45) is 0.498. The number of amides is 2. The van der Waals surface area contributed by atoms with Crippen LogP contribution in [0.5, 0.6) is 0 Å². The summed E-state index contributed by atoms with van der Waals surface area (Å²) in [4.78, 5) is 23.0. The number of ether oxygens (including phenoxy) is 1. The van der Waals surface area contributed by atoms with Crippen LogP contribution in [0.3, 0.4) is 0 Å². The minimum atomic E-state index is -0.992. The van der Waals surface area contributed by atoms with Gasteiger partial charge in [-0.2, -0.15) is 0 Å². The van der Waals surface area contributed by atoms with E-state index in [0.717, 1.165) is 0 Å². The van der Waals surface area contributed by atoms with Gasteiger partial charge in [0.25, 0.3) is 0 Å². The molecule has 1 saturated heterocycles. The van der Waals surface area contributed by atoms with Crippen LogP contribution in [0, 0.1) is 5.92 Å². The van der Waals surface area contributed by atoms with Crippen molar-refractivity contribution in [1.29, 1.82) is 0 Å². The summed E-state index contributed by atoms with van der Waals surface area (Å²) < 4.78 is 5.06. The van der Waals surface area contributed by atoms with Crippen molar-refractivity contribution in [2.75, 3.05) is 26.3 Å². The molecule has 1 heterocycles. The van der Waals surface area contributed by atoms with Gasteiger partial charge in [-0.3, -0.25) is 9.59 Å². The first kappa shape index (κ1) is 15.9. The second-order valence-corrected chi connectivity index (χ2v) is 5.29. The van der Waals surface area contributed by atoms with E-state index in [1.807, 2.05) is 13.8 Å². The number of aliphatic hydroxyl groups is 1. The molecule has 1 aliphatic rings. The van der Waals surface area contributed by atoms with Gasteiger partial charge in [0.1, 0.15) is 5.60 Å². The standard InChI is InChI=1S/C12H23N3O4/c1-8(2)10(13)11(17)14-5-9(16)15-6-12(18)3-4-19-7-12/h8,10,18H,3-7,13H2,1-2H3,(H,14,17)(H,15,16)/t10-,12?/m0/s1. The lowest BCUT2D eigenvalue weighted by Crippen LogP contribution is -2.49. The summed E-state index contributed by atoms with van der Waals surface area (Å²) in [6.45, 7) is 4.36. The molecule has 0 spiro atoms. The molecule has 110 valence electrons. The highest BCUT2D eigenvalue weighted by Gasteiger charge is 2.32. The van der Waals surface area contributed by atoms with Gasteiger partial charge in [0.15, 0.2) is 0 Å². The first-order chi connectivity index (χ1) is 8.84. The zero-order valence-corrected chi connectivity index (χ0v) is 11.4. The topological polar surface area (TPSA) is 114 Å². The summed E-state index contributed by atoms with van der Waals surface area (Å²) >= 11 is 0. The van der Waals surface area contributed by atoms with E-state index in [1.165, 1.54) is 0 Å². The maximum Gasteiger partial charge on any atom is 0.239 e. The molecule has 1 aliphatic heterocycles. The molecule has 0 saturated carbocycles. The van der Waals surface area contributed by atoms with Gasteiger partial charge in [-0.1, -0.05) is 13.8 Å². The molecule has 2 atom stereocenters. The maximum absolute atomic E-state index is 11.5. The molecule has 0 aliphatic carbocycles. The van der Waals surface area contributed by atoms with Crippen molar-refractivity contribution in [2.45, 2.75) is 31.9 Å². The van der Waals surface area contributed by atoms with Gasteiger partial charge in [-0.25, -0.2) is 0 Å². The Balaban J connectivity index is 2.23. The van der Waals surface area contributed by atoms with Crippen LogP contribution in [0.1, 0.15) is 20.3 Å². The van der Waals surface area contributed by atoms with E-state index in [4.69, 9.17) is 10.5 Å². The Hall–Kier alpha value is -1.18. The number of nitrogens with one attached hydrogen (secondary N) is 2. The van der Waals surface area contributed by atoms with Crippen LogP contribution in [-0.2, 0) is 14.3 Å². The molecule has 0 aromatic heterocycles. The summed E-state index contributed by atoms with van der Waals surface area (Å²) in [5.74, 6) is -0.697. The van der Waals surface area contributed by atoms with Crippen molar-refractivity contribution in [3.63, 3.8) is 0 Å².